The Kier molecular flexibility index (Phi) is 5.45. The molecule has 1 amide bonds. The van der Waals surface area contributed by atoms with E-state index in [9.17, 15) is 4.79 Å². The van der Waals surface area contributed by atoms with Crippen LogP contribution in [0.3, 0.4) is 0 Å². The third-order valence-electron chi connectivity index (χ3n) is 4.20. The maximum atomic E-state index is 12.4. The van der Waals surface area contributed by atoms with Crippen molar-refractivity contribution in [2.75, 3.05) is 45.8 Å². The lowest BCUT2D eigenvalue weighted by Gasteiger charge is -2.37. The van der Waals surface area contributed by atoms with Gasteiger partial charge < -0.3 is 10.2 Å². The van der Waals surface area contributed by atoms with Crippen LogP contribution in [-0.4, -0.2) is 61.5 Å². The Morgan fingerprint density at radius 3 is 2.44 bits per heavy atom. The van der Waals surface area contributed by atoms with Crippen molar-refractivity contribution in [2.24, 2.45) is 5.92 Å². The first kappa shape index (κ1) is 13.8. The standard InChI is InChI=1S/C14H27N3O/c1-2-3-8-16-9-11-17(12-10-16)14(18)13-4-6-15-7-5-13/h13,15H,2-12H2,1H3. The molecular weight excluding hydrogens is 226 g/mol. The number of hydrogen-bond acceptors (Lipinski definition) is 3. The van der Waals surface area contributed by atoms with Crippen LogP contribution in [0.15, 0.2) is 0 Å². The van der Waals surface area contributed by atoms with Crippen molar-refractivity contribution in [1.29, 1.82) is 0 Å². The number of amides is 1. The molecule has 0 saturated carbocycles. The van der Waals surface area contributed by atoms with E-state index in [-0.39, 0.29) is 5.92 Å². The molecular formula is C14H27N3O. The predicted octanol–water partition coefficient (Wildman–Crippen LogP) is 0.930. The normalized spacial score (nSPS) is 23.3. The average molecular weight is 253 g/mol. The minimum Gasteiger partial charge on any atom is -0.340 e. The second-order valence-corrected chi connectivity index (χ2v) is 5.54. The summed E-state index contributed by atoms with van der Waals surface area (Å²) < 4.78 is 0. The molecule has 18 heavy (non-hydrogen) atoms. The second-order valence-electron chi connectivity index (χ2n) is 5.54. The Hall–Kier alpha value is -0.610. The molecule has 0 bridgehead atoms. The van der Waals surface area contributed by atoms with Crippen LogP contribution < -0.4 is 5.32 Å². The predicted molar refractivity (Wildman–Crippen MR) is 73.5 cm³/mol. The van der Waals surface area contributed by atoms with Crippen LogP contribution in [0.25, 0.3) is 0 Å². The maximum absolute atomic E-state index is 12.4. The van der Waals surface area contributed by atoms with E-state index in [0.717, 1.165) is 52.1 Å². The van der Waals surface area contributed by atoms with E-state index >= 15 is 0 Å². The van der Waals surface area contributed by atoms with Gasteiger partial charge in [0.1, 0.15) is 0 Å². The monoisotopic (exact) mass is 253 g/mol. The van der Waals surface area contributed by atoms with Crippen LogP contribution in [-0.2, 0) is 4.79 Å². The number of unbranched alkanes of at least 4 members (excludes halogenated alkanes) is 1. The highest BCUT2D eigenvalue weighted by Gasteiger charge is 2.27. The topological polar surface area (TPSA) is 35.6 Å². The molecule has 0 radical (unpaired) electrons. The molecule has 0 aromatic rings. The van der Waals surface area contributed by atoms with E-state index in [0.29, 0.717) is 5.91 Å². The highest BCUT2D eigenvalue weighted by molar-refractivity contribution is 5.79. The molecule has 0 unspecified atom stereocenters. The summed E-state index contributed by atoms with van der Waals surface area (Å²) in [6.45, 7) is 9.45. The fraction of sp³-hybridized carbons (Fsp3) is 0.929. The Morgan fingerprint density at radius 2 is 1.83 bits per heavy atom. The van der Waals surface area contributed by atoms with Crippen LogP contribution in [0.1, 0.15) is 32.6 Å². The van der Waals surface area contributed by atoms with Crippen molar-refractivity contribution in [3.05, 3.63) is 0 Å². The van der Waals surface area contributed by atoms with E-state index in [1.807, 2.05) is 0 Å². The Balaban J connectivity index is 1.73. The van der Waals surface area contributed by atoms with Crippen molar-refractivity contribution in [3.8, 4) is 0 Å². The van der Waals surface area contributed by atoms with E-state index < -0.39 is 0 Å². The fourth-order valence-corrected chi connectivity index (χ4v) is 2.90. The molecule has 0 aliphatic carbocycles. The van der Waals surface area contributed by atoms with Gasteiger partial charge in [-0.3, -0.25) is 9.69 Å². The number of piperidine rings is 1. The Bertz CT molecular complexity index is 256. The second kappa shape index (κ2) is 7.10. The van der Waals surface area contributed by atoms with Crippen LogP contribution in [0.5, 0.6) is 0 Å². The minimum atomic E-state index is 0.286. The SMILES string of the molecule is CCCCN1CCN(C(=O)C2CCNCC2)CC1. The molecule has 1 N–H and O–H groups in total. The smallest absolute Gasteiger partial charge is 0.225 e. The Morgan fingerprint density at radius 1 is 1.17 bits per heavy atom. The molecule has 2 aliphatic rings. The van der Waals surface area contributed by atoms with Gasteiger partial charge in [0.05, 0.1) is 0 Å². The average Bonchev–Trinajstić information content (AvgIpc) is 2.46. The van der Waals surface area contributed by atoms with E-state index in [1.165, 1.54) is 19.4 Å². The molecule has 0 spiro atoms. The van der Waals surface area contributed by atoms with E-state index in [2.05, 4.69) is 22.0 Å². The van der Waals surface area contributed by atoms with Gasteiger partial charge >= 0.3 is 0 Å². The first-order valence-corrected chi connectivity index (χ1v) is 7.53. The lowest BCUT2D eigenvalue weighted by atomic mass is 9.96. The number of carbonyl (C=O) groups is 1. The first-order valence-electron chi connectivity index (χ1n) is 7.53. The summed E-state index contributed by atoms with van der Waals surface area (Å²) in [6.07, 6.45) is 4.58. The molecule has 2 aliphatic heterocycles. The number of hydrogen-bond donors (Lipinski definition) is 1. The zero-order valence-electron chi connectivity index (χ0n) is 11.7. The maximum Gasteiger partial charge on any atom is 0.225 e. The zero-order valence-corrected chi connectivity index (χ0v) is 11.7. The summed E-state index contributed by atoms with van der Waals surface area (Å²) in [5.74, 6) is 0.695. The van der Waals surface area contributed by atoms with Crippen LogP contribution >= 0.6 is 0 Å². The molecule has 2 rings (SSSR count). The summed E-state index contributed by atoms with van der Waals surface area (Å²) in [4.78, 5) is 16.9. The summed E-state index contributed by atoms with van der Waals surface area (Å²) in [7, 11) is 0. The van der Waals surface area contributed by atoms with Crippen molar-refractivity contribution >= 4 is 5.91 Å². The van der Waals surface area contributed by atoms with Gasteiger partial charge in [-0.15, -0.1) is 0 Å². The summed E-state index contributed by atoms with van der Waals surface area (Å²) in [6, 6.07) is 0. The zero-order chi connectivity index (χ0) is 12.8. The third kappa shape index (κ3) is 3.69. The molecule has 104 valence electrons. The molecule has 0 aromatic carbocycles. The van der Waals surface area contributed by atoms with Gasteiger partial charge in [0.25, 0.3) is 0 Å². The number of carbonyl (C=O) groups excluding carboxylic acids is 1. The van der Waals surface area contributed by atoms with Crippen molar-refractivity contribution in [2.45, 2.75) is 32.6 Å². The number of rotatable bonds is 4. The van der Waals surface area contributed by atoms with Crippen LogP contribution in [0.4, 0.5) is 0 Å². The van der Waals surface area contributed by atoms with Gasteiger partial charge in [-0.1, -0.05) is 13.3 Å². The van der Waals surface area contributed by atoms with Crippen LogP contribution in [0, 0.1) is 5.92 Å². The van der Waals surface area contributed by atoms with Gasteiger partial charge in [-0.25, -0.2) is 0 Å². The van der Waals surface area contributed by atoms with E-state index in [4.69, 9.17) is 0 Å². The van der Waals surface area contributed by atoms with Gasteiger partial charge in [0, 0.05) is 32.1 Å². The fourth-order valence-electron chi connectivity index (χ4n) is 2.90. The number of piperazine rings is 1. The minimum absolute atomic E-state index is 0.286. The Labute approximate surface area is 111 Å². The van der Waals surface area contributed by atoms with Crippen LogP contribution in [0.2, 0.25) is 0 Å². The molecule has 0 atom stereocenters. The van der Waals surface area contributed by atoms with Gasteiger partial charge in [0.2, 0.25) is 5.91 Å². The van der Waals surface area contributed by atoms with Crippen molar-refractivity contribution in [3.63, 3.8) is 0 Å². The highest BCUT2D eigenvalue weighted by atomic mass is 16.2. The van der Waals surface area contributed by atoms with Crippen molar-refractivity contribution < 1.29 is 4.79 Å². The lowest BCUT2D eigenvalue weighted by Crippen LogP contribution is -2.51. The lowest BCUT2D eigenvalue weighted by molar-refractivity contribution is -0.138. The number of nitrogens with one attached hydrogen (secondary N) is 1. The van der Waals surface area contributed by atoms with Gasteiger partial charge in [-0.05, 0) is 38.9 Å². The van der Waals surface area contributed by atoms with Gasteiger partial charge in [-0.2, -0.15) is 0 Å². The molecule has 0 aromatic heterocycles. The van der Waals surface area contributed by atoms with E-state index in [1.54, 1.807) is 0 Å². The molecule has 2 saturated heterocycles. The molecule has 2 heterocycles. The summed E-state index contributed by atoms with van der Waals surface area (Å²) in [5.41, 5.74) is 0. The molecule has 4 heteroatoms. The quantitative estimate of drug-likeness (QED) is 0.809. The van der Waals surface area contributed by atoms with Gasteiger partial charge in [0.15, 0.2) is 0 Å². The third-order valence-corrected chi connectivity index (χ3v) is 4.20. The highest BCUT2D eigenvalue weighted by Crippen LogP contribution is 2.16. The summed E-state index contributed by atoms with van der Waals surface area (Å²) in [5, 5.41) is 3.32. The first-order chi connectivity index (χ1) is 8.81. The molecule has 4 nitrogen and oxygen atoms in total. The summed E-state index contributed by atoms with van der Waals surface area (Å²) >= 11 is 0. The largest absolute Gasteiger partial charge is 0.340 e. The van der Waals surface area contributed by atoms with Crippen molar-refractivity contribution in [1.82, 2.24) is 15.1 Å². The molecule has 2 fully saturated rings. The number of nitrogens with zero attached hydrogens (tertiary/aromatic N) is 2.